The molecule has 0 saturated heterocycles. The minimum Gasteiger partial charge on any atom is -0.481 e. The summed E-state index contributed by atoms with van der Waals surface area (Å²) >= 11 is 1.27. The van der Waals surface area contributed by atoms with Gasteiger partial charge in [0.25, 0.3) is 0 Å². The number of aromatic nitrogens is 3. The van der Waals surface area contributed by atoms with Crippen molar-refractivity contribution in [2.75, 3.05) is 5.75 Å². The van der Waals surface area contributed by atoms with Crippen LogP contribution in [0.15, 0.2) is 23.6 Å². The van der Waals surface area contributed by atoms with E-state index in [1.165, 1.54) is 11.8 Å². The molecular formula is C11H11N3O2S. The maximum atomic E-state index is 10.6. The highest BCUT2D eigenvalue weighted by atomic mass is 32.2. The monoisotopic (exact) mass is 249 g/mol. The third kappa shape index (κ3) is 2.00. The van der Waals surface area contributed by atoms with Crippen LogP contribution in [0.2, 0.25) is 0 Å². The molecule has 0 amide bonds. The number of nitrogens with zero attached hydrogens (tertiary/aromatic N) is 3. The molecule has 2 aromatic heterocycles. The number of carboxylic acid groups (broad SMARTS) is 1. The molecule has 0 aliphatic heterocycles. The summed E-state index contributed by atoms with van der Waals surface area (Å²) in [6, 6.07) is 2.42. The number of hydrogen-bond acceptors (Lipinski definition) is 4. The Morgan fingerprint density at radius 3 is 3.12 bits per heavy atom. The van der Waals surface area contributed by atoms with Crippen LogP contribution in [0.4, 0.5) is 0 Å². The van der Waals surface area contributed by atoms with E-state index >= 15 is 0 Å². The minimum atomic E-state index is -0.817. The zero-order valence-electron chi connectivity index (χ0n) is 9.04. The number of imidazole rings is 1. The van der Waals surface area contributed by atoms with Crippen molar-refractivity contribution in [3.05, 3.63) is 18.5 Å². The Kier molecular flexibility index (Phi) is 2.51. The molecular weight excluding hydrogens is 238 g/mol. The number of aliphatic carboxylic acids is 1. The third-order valence-electron chi connectivity index (χ3n) is 2.70. The third-order valence-corrected chi connectivity index (χ3v) is 3.63. The van der Waals surface area contributed by atoms with Gasteiger partial charge in [-0.25, -0.2) is 4.98 Å². The van der Waals surface area contributed by atoms with Crippen molar-refractivity contribution in [1.29, 1.82) is 0 Å². The van der Waals surface area contributed by atoms with Crippen LogP contribution < -0.4 is 0 Å². The Labute approximate surface area is 102 Å². The molecule has 1 saturated carbocycles. The summed E-state index contributed by atoms with van der Waals surface area (Å²) in [6.45, 7) is 0. The van der Waals surface area contributed by atoms with Crippen LogP contribution in [0.25, 0.3) is 11.0 Å². The highest BCUT2D eigenvalue weighted by Gasteiger charge is 2.28. The van der Waals surface area contributed by atoms with E-state index in [-0.39, 0.29) is 5.75 Å². The second-order valence-corrected chi connectivity index (χ2v) is 4.98. The summed E-state index contributed by atoms with van der Waals surface area (Å²) in [5, 5.41) is 9.51. The van der Waals surface area contributed by atoms with E-state index in [1.54, 1.807) is 12.4 Å². The summed E-state index contributed by atoms with van der Waals surface area (Å²) in [4.78, 5) is 19.1. The van der Waals surface area contributed by atoms with Gasteiger partial charge in [-0.15, -0.1) is 0 Å². The molecule has 88 valence electrons. The molecule has 2 aromatic rings. The van der Waals surface area contributed by atoms with Crippen molar-refractivity contribution in [1.82, 2.24) is 14.5 Å². The van der Waals surface area contributed by atoms with E-state index in [4.69, 9.17) is 5.11 Å². The number of pyridine rings is 1. The first-order chi connectivity index (χ1) is 8.25. The molecule has 5 nitrogen and oxygen atoms in total. The van der Waals surface area contributed by atoms with Crippen molar-refractivity contribution in [2.45, 2.75) is 24.0 Å². The lowest BCUT2D eigenvalue weighted by atomic mass is 10.4. The number of fused-ring (bicyclic) bond motifs is 1. The van der Waals surface area contributed by atoms with Crippen LogP contribution in [0.5, 0.6) is 0 Å². The topological polar surface area (TPSA) is 68.0 Å². The number of carboxylic acids is 1. The Hall–Kier alpha value is -1.56. The van der Waals surface area contributed by atoms with E-state index in [9.17, 15) is 4.79 Å². The molecule has 1 fully saturated rings. The summed E-state index contributed by atoms with van der Waals surface area (Å²) in [6.07, 6.45) is 5.76. The van der Waals surface area contributed by atoms with E-state index in [0.29, 0.717) is 6.04 Å². The van der Waals surface area contributed by atoms with E-state index in [2.05, 4.69) is 14.5 Å². The number of thioether (sulfide) groups is 1. The molecule has 0 radical (unpaired) electrons. The predicted octanol–water partition coefficient (Wildman–Crippen LogP) is 1.94. The molecule has 2 heterocycles. The average Bonchev–Trinajstić information content (AvgIpc) is 3.07. The molecule has 17 heavy (non-hydrogen) atoms. The molecule has 0 aromatic carbocycles. The first kappa shape index (κ1) is 10.6. The SMILES string of the molecule is O=C(O)CSc1nc2cnccc2n1C1CC1. The number of carbonyl (C=O) groups is 1. The fourth-order valence-corrected chi connectivity index (χ4v) is 2.64. The van der Waals surface area contributed by atoms with Gasteiger partial charge in [-0.05, 0) is 18.9 Å². The van der Waals surface area contributed by atoms with Gasteiger partial charge in [0, 0.05) is 12.2 Å². The summed E-state index contributed by atoms with van der Waals surface area (Å²) in [5.74, 6) is -0.772. The quantitative estimate of drug-likeness (QED) is 0.839. The summed E-state index contributed by atoms with van der Waals surface area (Å²) in [5.41, 5.74) is 1.89. The Morgan fingerprint density at radius 2 is 2.41 bits per heavy atom. The number of rotatable bonds is 4. The molecule has 3 rings (SSSR count). The smallest absolute Gasteiger partial charge is 0.313 e. The molecule has 1 aliphatic carbocycles. The van der Waals surface area contributed by atoms with Gasteiger partial charge in [-0.2, -0.15) is 0 Å². The maximum absolute atomic E-state index is 10.6. The van der Waals surface area contributed by atoms with Gasteiger partial charge in [0.1, 0.15) is 5.52 Å². The zero-order valence-corrected chi connectivity index (χ0v) is 9.85. The van der Waals surface area contributed by atoms with Crippen LogP contribution in [-0.2, 0) is 4.79 Å². The fraction of sp³-hybridized carbons (Fsp3) is 0.364. The van der Waals surface area contributed by atoms with Gasteiger partial charge in [-0.1, -0.05) is 11.8 Å². The molecule has 0 atom stereocenters. The molecule has 0 spiro atoms. The standard InChI is InChI=1S/C11H11N3O2S/c15-10(16)6-17-11-13-8-5-12-4-3-9(8)14(11)7-1-2-7/h3-5,7H,1-2,6H2,(H,15,16). The van der Waals surface area contributed by atoms with Crippen LogP contribution in [-0.4, -0.2) is 31.4 Å². The largest absolute Gasteiger partial charge is 0.481 e. The molecule has 1 N–H and O–H groups in total. The normalized spacial score (nSPS) is 15.3. The second kappa shape index (κ2) is 4.03. The van der Waals surface area contributed by atoms with Gasteiger partial charge in [-0.3, -0.25) is 9.78 Å². The Bertz CT molecular complexity index is 577. The van der Waals surface area contributed by atoms with Gasteiger partial charge in [0.2, 0.25) is 0 Å². The van der Waals surface area contributed by atoms with Gasteiger partial charge < -0.3 is 9.67 Å². The Morgan fingerprint density at radius 1 is 1.59 bits per heavy atom. The molecule has 0 bridgehead atoms. The van der Waals surface area contributed by atoms with E-state index in [0.717, 1.165) is 29.0 Å². The van der Waals surface area contributed by atoms with Crippen molar-refractivity contribution >= 4 is 28.8 Å². The second-order valence-electron chi connectivity index (χ2n) is 4.04. The van der Waals surface area contributed by atoms with Crippen molar-refractivity contribution in [3.63, 3.8) is 0 Å². The van der Waals surface area contributed by atoms with Crippen LogP contribution in [0, 0.1) is 0 Å². The fourth-order valence-electron chi connectivity index (χ4n) is 1.84. The lowest BCUT2D eigenvalue weighted by molar-refractivity contribution is -0.133. The lowest BCUT2D eigenvalue weighted by Crippen LogP contribution is -2.01. The first-order valence-corrected chi connectivity index (χ1v) is 6.41. The van der Waals surface area contributed by atoms with Crippen molar-refractivity contribution in [2.24, 2.45) is 0 Å². The lowest BCUT2D eigenvalue weighted by Gasteiger charge is -2.05. The molecule has 0 unspecified atom stereocenters. The average molecular weight is 249 g/mol. The van der Waals surface area contributed by atoms with Crippen LogP contribution in [0.3, 0.4) is 0 Å². The van der Waals surface area contributed by atoms with Gasteiger partial charge >= 0.3 is 5.97 Å². The maximum Gasteiger partial charge on any atom is 0.313 e. The molecule has 1 aliphatic rings. The molecule has 6 heteroatoms. The van der Waals surface area contributed by atoms with Gasteiger partial charge in [0.15, 0.2) is 5.16 Å². The highest BCUT2D eigenvalue weighted by Crippen LogP contribution is 2.40. The zero-order chi connectivity index (χ0) is 11.8. The Balaban J connectivity index is 2.03. The highest BCUT2D eigenvalue weighted by molar-refractivity contribution is 7.99. The van der Waals surface area contributed by atoms with E-state index in [1.807, 2.05) is 6.07 Å². The van der Waals surface area contributed by atoms with E-state index < -0.39 is 5.97 Å². The number of hydrogen-bond donors (Lipinski definition) is 1. The summed E-state index contributed by atoms with van der Waals surface area (Å²) < 4.78 is 2.14. The van der Waals surface area contributed by atoms with Crippen molar-refractivity contribution in [3.8, 4) is 0 Å². The van der Waals surface area contributed by atoms with Crippen molar-refractivity contribution < 1.29 is 9.90 Å². The van der Waals surface area contributed by atoms with Crippen LogP contribution in [0.1, 0.15) is 18.9 Å². The predicted molar refractivity (Wildman–Crippen MR) is 64.2 cm³/mol. The van der Waals surface area contributed by atoms with Gasteiger partial charge in [0.05, 0.1) is 17.5 Å². The van der Waals surface area contributed by atoms with Crippen LogP contribution >= 0.6 is 11.8 Å². The first-order valence-electron chi connectivity index (χ1n) is 5.42. The summed E-state index contributed by atoms with van der Waals surface area (Å²) in [7, 11) is 0. The minimum absolute atomic E-state index is 0.0451.